The highest BCUT2D eigenvalue weighted by atomic mass is 79.9. The molecule has 7 heteroatoms. The van der Waals surface area contributed by atoms with Crippen molar-refractivity contribution in [2.45, 2.75) is 31.2 Å². The fourth-order valence-corrected chi connectivity index (χ4v) is 4.66. The summed E-state index contributed by atoms with van der Waals surface area (Å²) in [5, 5.41) is 10.0. The Hall–Kier alpha value is -2.54. The first kappa shape index (κ1) is 18.5. The fourth-order valence-electron chi connectivity index (χ4n) is 4.40. The minimum absolute atomic E-state index is 0.168. The van der Waals surface area contributed by atoms with Gasteiger partial charge in [0.1, 0.15) is 11.3 Å². The third-order valence-corrected chi connectivity index (χ3v) is 6.64. The van der Waals surface area contributed by atoms with Crippen molar-refractivity contribution in [2.24, 2.45) is 5.92 Å². The van der Waals surface area contributed by atoms with E-state index in [1.54, 1.807) is 11.0 Å². The topological polar surface area (TPSA) is 70.1 Å². The molecule has 150 valence electrons. The monoisotopic (exact) mass is 456 g/mol. The lowest BCUT2D eigenvalue weighted by Gasteiger charge is -2.31. The van der Waals surface area contributed by atoms with Gasteiger partial charge in [0.2, 0.25) is 0 Å². The average molecular weight is 457 g/mol. The van der Waals surface area contributed by atoms with Crippen molar-refractivity contribution in [3.05, 3.63) is 52.5 Å². The second-order valence-corrected chi connectivity index (χ2v) is 8.97. The van der Waals surface area contributed by atoms with Crippen LogP contribution in [0.4, 0.5) is 16.2 Å². The van der Waals surface area contributed by atoms with Crippen LogP contribution in [0.3, 0.4) is 0 Å². The minimum atomic E-state index is -1.10. The van der Waals surface area contributed by atoms with Gasteiger partial charge in [0, 0.05) is 29.2 Å². The highest BCUT2D eigenvalue weighted by molar-refractivity contribution is 9.10. The molecule has 6 nitrogen and oxygen atoms in total. The van der Waals surface area contributed by atoms with Gasteiger partial charge in [-0.3, -0.25) is 9.69 Å². The maximum atomic E-state index is 13.5. The molecule has 1 spiro atoms. The summed E-state index contributed by atoms with van der Waals surface area (Å²) in [6.07, 6.45) is 2.13. The highest BCUT2D eigenvalue weighted by Crippen LogP contribution is 2.47. The van der Waals surface area contributed by atoms with Crippen molar-refractivity contribution in [3.8, 4) is 5.75 Å². The number of amides is 2. The first-order valence-electron chi connectivity index (χ1n) is 9.84. The Bertz CT molecular complexity index is 989. The summed E-state index contributed by atoms with van der Waals surface area (Å²) < 4.78 is 6.78. The Morgan fingerprint density at radius 3 is 2.66 bits per heavy atom. The van der Waals surface area contributed by atoms with Crippen molar-refractivity contribution in [3.63, 3.8) is 0 Å². The molecule has 1 N–H and O–H groups in total. The number of hydrogen-bond donors (Lipinski definition) is 1. The van der Waals surface area contributed by atoms with Gasteiger partial charge in [-0.15, -0.1) is 0 Å². The molecule has 0 aromatic heterocycles. The molecular weight excluding hydrogens is 436 g/mol. The number of carboxylic acid groups (broad SMARTS) is 1. The first-order chi connectivity index (χ1) is 14.0. The fraction of sp³-hybridized carbons (Fsp3) is 0.364. The van der Waals surface area contributed by atoms with Crippen LogP contribution in [-0.4, -0.2) is 35.8 Å². The van der Waals surface area contributed by atoms with E-state index in [-0.39, 0.29) is 5.91 Å². The van der Waals surface area contributed by atoms with Crippen LogP contribution in [0.5, 0.6) is 5.75 Å². The van der Waals surface area contributed by atoms with Crippen molar-refractivity contribution in [2.75, 3.05) is 23.0 Å². The molecule has 2 heterocycles. The largest absolute Gasteiger partial charge is 0.493 e. The molecule has 0 bridgehead atoms. The van der Waals surface area contributed by atoms with Crippen molar-refractivity contribution >= 4 is 39.3 Å². The molecule has 3 aliphatic rings. The van der Waals surface area contributed by atoms with E-state index in [9.17, 15) is 14.7 Å². The summed E-state index contributed by atoms with van der Waals surface area (Å²) in [6, 6.07) is 13.1. The number of anilines is 2. The van der Waals surface area contributed by atoms with Gasteiger partial charge < -0.3 is 14.7 Å². The zero-order chi connectivity index (χ0) is 20.2. The smallest absolute Gasteiger partial charge is 0.412 e. The van der Waals surface area contributed by atoms with E-state index in [0.29, 0.717) is 43.3 Å². The van der Waals surface area contributed by atoms with Crippen LogP contribution in [0.15, 0.2) is 46.9 Å². The molecule has 2 aromatic rings. The number of carbonyl (C=O) groups excluding carboxylic acids is 1. The van der Waals surface area contributed by atoms with Gasteiger partial charge in [-0.25, -0.2) is 4.79 Å². The van der Waals surface area contributed by atoms with Crippen LogP contribution in [0, 0.1) is 5.92 Å². The number of fused-ring (bicyclic) bond motifs is 1. The number of benzene rings is 2. The standard InChI is InChI=1S/C22H21BrN2O4/c23-16-4-6-17(7-5-16)24-10-9-22(20(24)26)12-15-3-8-18(29-13-14-1-2-14)11-19(15)25(22)21(27)28/h3-8,11,14H,1-2,9-10,12-13H2,(H,27,28). The molecular formula is C22H21BrN2O4. The number of ether oxygens (including phenoxy) is 1. The van der Waals surface area contributed by atoms with E-state index in [4.69, 9.17) is 4.74 Å². The van der Waals surface area contributed by atoms with Gasteiger partial charge in [0.15, 0.2) is 0 Å². The van der Waals surface area contributed by atoms with Crippen LogP contribution in [0.25, 0.3) is 0 Å². The van der Waals surface area contributed by atoms with Gasteiger partial charge in [0.25, 0.3) is 5.91 Å². The van der Waals surface area contributed by atoms with Crippen LogP contribution in [-0.2, 0) is 11.2 Å². The molecule has 1 aliphatic carbocycles. The number of hydrogen-bond acceptors (Lipinski definition) is 3. The summed E-state index contributed by atoms with van der Waals surface area (Å²) >= 11 is 3.41. The first-order valence-corrected chi connectivity index (χ1v) is 10.6. The maximum absolute atomic E-state index is 13.5. The zero-order valence-corrected chi connectivity index (χ0v) is 17.4. The lowest BCUT2D eigenvalue weighted by Crippen LogP contribution is -2.55. The summed E-state index contributed by atoms with van der Waals surface area (Å²) in [6.45, 7) is 1.15. The second kappa shape index (κ2) is 6.76. The molecule has 2 aliphatic heterocycles. The Balaban J connectivity index is 1.47. The maximum Gasteiger partial charge on any atom is 0.412 e. The molecule has 1 atom stereocenters. The summed E-state index contributed by atoms with van der Waals surface area (Å²) in [7, 11) is 0. The van der Waals surface area contributed by atoms with E-state index < -0.39 is 11.6 Å². The quantitative estimate of drug-likeness (QED) is 0.737. The number of halogens is 1. The Morgan fingerprint density at radius 1 is 1.21 bits per heavy atom. The Labute approximate surface area is 177 Å². The van der Waals surface area contributed by atoms with E-state index >= 15 is 0 Å². The molecule has 1 saturated carbocycles. The van der Waals surface area contributed by atoms with Gasteiger partial charge in [0.05, 0.1) is 12.3 Å². The molecule has 2 aromatic carbocycles. The predicted octanol–water partition coefficient (Wildman–Crippen LogP) is 4.45. The molecule has 29 heavy (non-hydrogen) atoms. The van der Waals surface area contributed by atoms with Crippen LogP contribution in [0.2, 0.25) is 0 Å². The third-order valence-electron chi connectivity index (χ3n) is 6.11. The van der Waals surface area contributed by atoms with E-state index in [2.05, 4.69) is 15.9 Å². The molecule has 1 saturated heterocycles. The third kappa shape index (κ3) is 3.08. The SMILES string of the molecule is O=C(O)N1c2cc(OCC3CC3)ccc2CC12CCN(c1ccc(Br)cc1)C2=O. The van der Waals surface area contributed by atoms with Crippen molar-refractivity contribution < 1.29 is 19.4 Å². The molecule has 1 unspecified atom stereocenters. The highest BCUT2D eigenvalue weighted by Gasteiger charge is 2.57. The average Bonchev–Trinajstić information content (AvgIpc) is 3.40. The van der Waals surface area contributed by atoms with E-state index in [0.717, 1.165) is 15.7 Å². The van der Waals surface area contributed by atoms with Gasteiger partial charge >= 0.3 is 6.09 Å². The Morgan fingerprint density at radius 2 is 1.97 bits per heavy atom. The molecule has 2 fully saturated rings. The van der Waals surface area contributed by atoms with Gasteiger partial charge in [-0.2, -0.15) is 0 Å². The summed E-state index contributed by atoms with van der Waals surface area (Å²) in [5.74, 6) is 1.11. The minimum Gasteiger partial charge on any atom is -0.493 e. The second-order valence-electron chi connectivity index (χ2n) is 8.05. The van der Waals surface area contributed by atoms with Crippen LogP contribution >= 0.6 is 15.9 Å². The van der Waals surface area contributed by atoms with Crippen molar-refractivity contribution in [1.29, 1.82) is 0 Å². The van der Waals surface area contributed by atoms with E-state index in [1.165, 1.54) is 17.7 Å². The van der Waals surface area contributed by atoms with E-state index in [1.807, 2.05) is 36.4 Å². The van der Waals surface area contributed by atoms with Gasteiger partial charge in [-0.1, -0.05) is 22.0 Å². The van der Waals surface area contributed by atoms with Crippen molar-refractivity contribution in [1.82, 2.24) is 0 Å². The number of nitrogens with zero attached hydrogens (tertiary/aromatic N) is 2. The summed E-state index contributed by atoms with van der Waals surface area (Å²) in [4.78, 5) is 28.7. The summed E-state index contributed by atoms with van der Waals surface area (Å²) in [5.41, 5.74) is 1.13. The molecule has 2 amide bonds. The van der Waals surface area contributed by atoms with Crippen LogP contribution < -0.4 is 14.5 Å². The lowest BCUT2D eigenvalue weighted by atomic mass is 9.92. The Kier molecular flexibility index (Phi) is 4.31. The normalized spacial score (nSPS) is 23.0. The number of carbonyl (C=O) groups is 2. The number of rotatable bonds is 4. The van der Waals surface area contributed by atoms with Gasteiger partial charge in [-0.05, 0) is 61.1 Å². The lowest BCUT2D eigenvalue weighted by molar-refractivity contribution is -0.121. The molecule has 5 rings (SSSR count). The molecule has 0 radical (unpaired) electrons. The van der Waals surface area contributed by atoms with Crippen LogP contribution in [0.1, 0.15) is 24.8 Å². The zero-order valence-electron chi connectivity index (χ0n) is 15.8. The predicted molar refractivity (Wildman–Crippen MR) is 113 cm³/mol.